The van der Waals surface area contributed by atoms with Gasteiger partial charge < -0.3 is 4.98 Å². The molecule has 0 aromatic carbocycles. The predicted molar refractivity (Wildman–Crippen MR) is 64.2 cm³/mol. The van der Waals surface area contributed by atoms with E-state index in [2.05, 4.69) is 9.71 Å². The lowest BCUT2D eigenvalue weighted by molar-refractivity contribution is 0.260. The van der Waals surface area contributed by atoms with E-state index in [0.29, 0.717) is 5.92 Å². The first-order valence-corrected chi connectivity index (χ1v) is 7.18. The number of H-pyrrole nitrogens is 1. The number of rotatable bonds is 4. The molecule has 6 heteroatoms. The summed E-state index contributed by atoms with van der Waals surface area (Å²) in [5, 5.41) is 0. The van der Waals surface area contributed by atoms with Crippen molar-refractivity contribution in [2.24, 2.45) is 5.92 Å². The average molecular weight is 256 g/mol. The first-order valence-electron chi connectivity index (χ1n) is 5.70. The largest absolute Gasteiger partial charge is 0.328 e. The van der Waals surface area contributed by atoms with Crippen molar-refractivity contribution >= 4 is 10.0 Å². The van der Waals surface area contributed by atoms with Crippen molar-refractivity contribution in [3.63, 3.8) is 0 Å². The van der Waals surface area contributed by atoms with E-state index < -0.39 is 10.0 Å². The summed E-state index contributed by atoms with van der Waals surface area (Å²) < 4.78 is 26.6. The molecule has 1 aromatic heterocycles. The standard InChI is InChI=1S/C11H16N2O3S/c1-8(9-3-2-4-9)13-17(15,16)10-5-6-11(14)12-7-10/h5-9,13H,2-4H2,1H3,(H,12,14). The van der Waals surface area contributed by atoms with Crippen molar-refractivity contribution in [1.82, 2.24) is 9.71 Å². The van der Waals surface area contributed by atoms with Gasteiger partial charge in [0.05, 0.1) is 4.90 Å². The fraction of sp³-hybridized carbons (Fsp3) is 0.545. The van der Waals surface area contributed by atoms with Crippen molar-refractivity contribution in [3.05, 3.63) is 28.7 Å². The molecule has 0 radical (unpaired) electrons. The fourth-order valence-corrected chi connectivity index (χ4v) is 3.19. The highest BCUT2D eigenvalue weighted by molar-refractivity contribution is 7.89. The monoisotopic (exact) mass is 256 g/mol. The lowest BCUT2D eigenvalue weighted by Crippen LogP contribution is -2.40. The zero-order chi connectivity index (χ0) is 12.5. The number of aromatic amines is 1. The quantitative estimate of drug-likeness (QED) is 0.838. The van der Waals surface area contributed by atoms with Crippen molar-refractivity contribution in [2.75, 3.05) is 0 Å². The molecule has 17 heavy (non-hydrogen) atoms. The number of sulfonamides is 1. The Hall–Kier alpha value is -1.14. The fourth-order valence-electron chi connectivity index (χ4n) is 1.91. The van der Waals surface area contributed by atoms with Crippen LogP contribution in [0.3, 0.4) is 0 Å². The first kappa shape index (κ1) is 12.3. The maximum Gasteiger partial charge on any atom is 0.247 e. The smallest absolute Gasteiger partial charge is 0.247 e. The van der Waals surface area contributed by atoms with Gasteiger partial charge in [-0.3, -0.25) is 4.79 Å². The van der Waals surface area contributed by atoms with E-state index in [1.807, 2.05) is 6.92 Å². The summed E-state index contributed by atoms with van der Waals surface area (Å²) in [6, 6.07) is 2.47. The van der Waals surface area contributed by atoms with E-state index in [4.69, 9.17) is 0 Å². The summed E-state index contributed by atoms with van der Waals surface area (Å²) >= 11 is 0. The Morgan fingerprint density at radius 2 is 2.12 bits per heavy atom. The molecule has 5 nitrogen and oxygen atoms in total. The van der Waals surface area contributed by atoms with E-state index in [1.54, 1.807) is 0 Å². The van der Waals surface area contributed by atoms with Crippen molar-refractivity contribution in [2.45, 2.75) is 37.1 Å². The van der Waals surface area contributed by atoms with E-state index in [-0.39, 0.29) is 16.5 Å². The third kappa shape index (κ3) is 2.76. The van der Waals surface area contributed by atoms with Gasteiger partial charge in [-0.05, 0) is 31.7 Å². The zero-order valence-electron chi connectivity index (χ0n) is 9.64. The Balaban J connectivity index is 2.12. The molecule has 2 N–H and O–H groups in total. The second-order valence-electron chi connectivity index (χ2n) is 4.49. The van der Waals surface area contributed by atoms with Crippen molar-refractivity contribution in [1.29, 1.82) is 0 Å². The van der Waals surface area contributed by atoms with Gasteiger partial charge in [-0.25, -0.2) is 13.1 Å². The molecule has 0 saturated heterocycles. The minimum atomic E-state index is -3.52. The lowest BCUT2D eigenvalue weighted by Gasteiger charge is -2.31. The van der Waals surface area contributed by atoms with Gasteiger partial charge in [0.25, 0.3) is 0 Å². The molecule has 2 rings (SSSR count). The first-order chi connectivity index (χ1) is 7.99. The molecule has 0 bridgehead atoms. The van der Waals surface area contributed by atoms with Crippen LogP contribution in [0.1, 0.15) is 26.2 Å². The second kappa shape index (κ2) is 4.62. The van der Waals surface area contributed by atoms with Crippen LogP contribution in [0.25, 0.3) is 0 Å². The van der Waals surface area contributed by atoms with Crippen LogP contribution in [0.4, 0.5) is 0 Å². The summed E-state index contributed by atoms with van der Waals surface area (Å²) in [7, 11) is -3.52. The van der Waals surface area contributed by atoms with E-state index in [0.717, 1.165) is 12.8 Å². The van der Waals surface area contributed by atoms with E-state index in [1.165, 1.54) is 24.8 Å². The zero-order valence-corrected chi connectivity index (χ0v) is 10.5. The van der Waals surface area contributed by atoms with Crippen LogP contribution in [-0.4, -0.2) is 19.4 Å². The molecule has 1 fully saturated rings. The molecule has 1 aliphatic carbocycles. The Kier molecular flexibility index (Phi) is 3.35. The van der Waals surface area contributed by atoms with Gasteiger partial charge in [-0.2, -0.15) is 0 Å². The van der Waals surface area contributed by atoms with Crippen LogP contribution < -0.4 is 10.3 Å². The summed E-state index contributed by atoms with van der Waals surface area (Å²) in [5.41, 5.74) is -0.309. The maximum atomic E-state index is 12.0. The van der Waals surface area contributed by atoms with Crippen LogP contribution in [-0.2, 0) is 10.0 Å². The highest BCUT2D eigenvalue weighted by atomic mass is 32.2. The van der Waals surface area contributed by atoms with Crippen LogP contribution >= 0.6 is 0 Å². The summed E-state index contributed by atoms with van der Waals surface area (Å²) in [5.74, 6) is 0.438. The van der Waals surface area contributed by atoms with Crippen molar-refractivity contribution in [3.8, 4) is 0 Å². The molecule has 0 spiro atoms. The minimum Gasteiger partial charge on any atom is -0.328 e. The normalized spacial score (nSPS) is 18.6. The molecule has 1 atom stereocenters. The summed E-state index contributed by atoms with van der Waals surface area (Å²) in [6.45, 7) is 1.88. The number of hydrogen-bond donors (Lipinski definition) is 2. The molecular weight excluding hydrogens is 240 g/mol. The molecule has 1 heterocycles. The van der Waals surface area contributed by atoms with E-state index >= 15 is 0 Å². The van der Waals surface area contributed by atoms with Gasteiger partial charge in [-0.15, -0.1) is 0 Å². The van der Waals surface area contributed by atoms with Gasteiger partial charge in [0.15, 0.2) is 0 Å². The predicted octanol–water partition coefficient (Wildman–Crippen LogP) is 0.842. The third-order valence-corrected chi connectivity index (χ3v) is 4.82. The van der Waals surface area contributed by atoms with Crippen LogP contribution in [0, 0.1) is 5.92 Å². The third-order valence-electron chi connectivity index (χ3n) is 3.26. The topological polar surface area (TPSA) is 79.0 Å². The highest BCUT2D eigenvalue weighted by Gasteiger charge is 2.27. The molecule has 1 aliphatic rings. The molecule has 1 saturated carbocycles. The summed E-state index contributed by atoms with van der Waals surface area (Å²) in [6.07, 6.45) is 4.55. The Morgan fingerprint density at radius 1 is 1.41 bits per heavy atom. The molecule has 0 aliphatic heterocycles. The van der Waals surface area contributed by atoms with Gasteiger partial charge in [0, 0.05) is 18.3 Å². The number of nitrogens with one attached hydrogen (secondary N) is 2. The highest BCUT2D eigenvalue weighted by Crippen LogP contribution is 2.29. The van der Waals surface area contributed by atoms with Crippen molar-refractivity contribution < 1.29 is 8.42 Å². The number of hydrogen-bond acceptors (Lipinski definition) is 3. The second-order valence-corrected chi connectivity index (χ2v) is 6.20. The summed E-state index contributed by atoms with van der Waals surface area (Å²) in [4.78, 5) is 13.3. The molecule has 1 unspecified atom stereocenters. The van der Waals surface area contributed by atoms with E-state index in [9.17, 15) is 13.2 Å². The lowest BCUT2D eigenvalue weighted by atomic mass is 9.81. The SMILES string of the molecule is CC(NS(=O)(=O)c1ccc(=O)[nH]c1)C1CCC1. The molecule has 1 aromatic rings. The Bertz CT molecular complexity index is 526. The molecule has 94 valence electrons. The minimum absolute atomic E-state index is 0.0549. The maximum absolute atomic E-state index is 12.0. The number of pyridine rings is 1. The van der Waals surface area contributed by atoms with Crippen LogP contribution in [0.2, 0.25) is 0 Å². The van der Waals surface area contributed by atoms with Gasteiger partial charge in [0.2, 0.25) is 15.6 Å². The molecular formula is C11H16N2O3S. The van der Waals surface area contributed by atoms with Gasteiger partial charge in [0.1, 0.15) is 0 Å². The Labute approximate surface area is 100 Å². The molecule has 0 amide bonds. The number of aromatic nitrogens is 1. The van der Waals surface area contributed by atoms with Crippen LogP contribution in [0.5, 0.6) is 0 Å². The average Bonchev–Trinajstić information content (AvgIpc) is 2.14. The van der Waals surface area contributed by atoms with Gasteiger partial charge in [-0.1, -0.05) is 6.42 Å². The Morgan fingerprint density at radius 3 is 2.59 bits per heavy atom. The van der Waals surface area contributed by atoms with Crippen LogP contribution in [0.15, 0.2) is 28.0 Å². The van der Waals surface area contributed by atoms with Gasteiger partial charge >= 0.3 is 0 Å².